The largest absolute Gasteiger partial charge is 0.212 e. The molecule has 0 N–H and O–H groups in total. The van der Waals surface area contributed by atoms with Crippen molar-refractivity contribution in [3.63, 3.8) is 0 Å². The van der Waals surface area contributed by atoms with E-state index in [0.717, 1.165) is 18.8 Å². The molecule has 1 aliphatic carbocycles. The molecule has 0 bridgehead atoms. The van der Waals surface area contributed by atoms with Crippen LogP contribution in [-0.2, 0) is 41.0 Å². The van der Waals surface area contributed by atoms with Crippen LogP contribution in [0.25, 0.3) is 89.5 Å². The van der Waals surface area contributed by atoms with Crippen LogP contribution in [0.3, 0.4) is 0 Å². The van der Waals surface area contributed by atoms with Gasteiger partial charge in [-0.25, -0.2) is 18.3 Å². The highest BCUT2D eigenvalue weighted by Crippen LogP contribution is 2.41. The average Bonchev–Trinajstić information content (AvgIpc) is 1.79. The first-order valence-electron chi connectivity index (χ1n) is 40.3. The Labute approximate surface area is 658 Å². The third-order valence-electron chi connectivity index (χ3n) is 23.1. The zero-order chi connectivity index (χ0) is 79.2. The third-order valence-corrected chi connectivity index (χ3v) is 23.1. The van der Waals surface area contributed by atoms with Crippen LogP contribution in [0.2, 0.25) is 0 Å². The van der Waals surface area contributed by atoms with Gasteiger partial charge in [-0.2, -0.15) is 0 Å². The van der Waals surface area contributed by atoms with Crippen molar-refractivity contribution in [2.24, 2.45) is 39.5 Å². The van der Waals surface area contributed by atoms with E-state index in [1.54, 1.807) is 5.56 Å². The van der Waals surface area contributed by atoms with Crippen LogP contribution in [0.5, 0.6) is 0 Å². The Morgan fingerprint density at radius 3 is 0.899 bits per heavy atom. The summed E-state index contributed by atoms with van der Waals surface area (Å²) >= 11 is 0. The fourth-order valence-corrected chi connectivity index (χ4v) is 17.2. The summed E-state index contributed by atoms with van der Waals surface area (Å²) in [6, 6.07) is 63.3. The number of nitrogens with zero attached hydrogens (tertiary/aromatic N) is 4. The van der Waals surface area contributed by atoms with Crippen LogP contribution in [0.4, 0.5) is 0 Å². The Morgan fingerprint density at radius 2 is 0.578 bits per heavy atom. The average molecular weight is 1450 g/mol. The molecule has 0 amide bonds. The lowest BCUT2D eigenvalue weighted by atomic mass is 9.85. The highest BCUT2D eigenvalue weighted by atomic mass is 14.9. The molecule has 0 aliphatic heterocycles. The third kappa shape index (κ3) is 19.2. The van der Waals surface area contributed by atoms with E-state index in [9.17, 15) is 0 Å². The summed E-state index contributed by atoms with van der Waals surface area (Å²) in [4.78, 5) is 0. The standard InChI is InChI=1S/C27H32N.C27H34N.C26H32N.C25H30N/c1-18-10-6-9-13-23(18)25-15-26(20(3)14-19(25)2)27-16-24(21(4)17-28(27)5)22-11-7-8-12-22;1-18-11-9-10-12-23(18)24-15-25(20(3)13-19(24)2)26-14-22(16-27(5,6)7)21(4)17-28(26)8;1-17(2)12-22-14-26(27(7)16-21(22)6)25-15-24(19(4)13-20(25)5)23-11-9-8-10-18(23)3;1-16(2)22-14-25(26(7)15-20(22)6)24-13-23(18(4)12-19(24)5)21-11-9-8-10-17(21)3/h6,9-10,13-17,22H,7-8,11-12H2,1-5H3;9-15,17H,16H2,1-8H3;8-11,13-17H,12H2,1-7H3;8-16H,1-7H3/q4*+1. The van der Waals surface area contributed by atoms with Gasteiger partial charge in [0.25, 0.3) is 0 Å². The van der Waals surface area contributed by atoms with Crippen molar-refractivity contribution in [1.82, 2.24) is 0 Å². The van der Waals surface area contributed by atoms with Crippen LogP contribution < -0.4 is 18.3 Å². The summed E-state index contributed by atoms with van der Waals surface area (Å²) in [6.45, 7) is 51.6. The molecule has 0 unspecified atom stereocenters. The van der Waals surface area contributed by atoms with E-state index in [2.05, 4.69) is 400 Å². The number of hydrogen-bond donors (Lipinski definition) is 0. The van der Waals surface area contributed by atoms with Gasteiger partial charge in [0.05, 0.1) is 0 Å². The van der Waals surface area contributed by atoms with E-state index in [-0.39, 0.29) is 5.41 Å². The molecule has 4 aromatic heterocycles. The number of rotatable bonds is 13. The van der Waals surface area contributed by atoms with E-state index < -0.39 is 0 Å². The minimum Gasteiger partial charge on any atom is -0.201 e. The Balaban J connectivity index is 0.000000155. The van der Waals surface area contributed by atoms with Crippen LogP contribution in [0.15, 0.2) is 195 Å². The number of aromatic nitrogens is 4. The highest BCUT2D eigenvalue weighted by Gasteiger charge is 2.27. The summed E-state index contributed by atoms with van der Waals surface area (Å²) < 4.78 is 9.13. The molecule has 1 fully saturated rings. The monoisotopic (exact) mass is 1450 g/mol. The first-order valence-corrected chi connectivity index (χ1v) is 40.3. The summed E-state index contributed by atoms with van der Waals surface area (Å²) in [5.74, 6) is 1.92. The highest BCUT2D eigenvalue weighted by molar-refractivity contribution is 5.81. The maximum absolute atomic E-state index is 2.48. The summed E-state index contributed by atoms with van der Waals surface area (Å²) in [7, 11) is 8.66. The van der Waals surface area contributed by atoms with Crippen LogP contribution >= 0.6 is 0 Å². The Hall–Kier alpha value is -9.64. The van der Waals surface area contributed by atoms with Crippen LogP contribution in [0.1, 0.15) is 197 Å². The summed E-state index contributed by atoms with van der Waals surface area (Å²) in [6.07, 6.45) is 16.8. The zero-order valence-corrected chi connectivity index (χ0v) is 71.7. The molecular weight excluding hydrogens is 1320 g/mol. The fraction of sp³-hybridized carbons (Fsp3) is 0.352. The molecule has 4 heteroatoms. The molecule has 0 spiro atoms. The van der Waals surface area contributed by atoms with Gasteiger partial charge in [-0.05, 0) is 317 Å². The Morgan fingerprint density at radius 1 is 0.294 bits per heavy atom. The first kappa shape index (κ1) is 81.9. The Bertz CT molecular complexity index is 5310. The molecule has 13 rings (SSSR count). The van der Waals surface area contributed by atoms with Gasteiger partial charge < -0.3 is 0 Å². The van der Waals surface area contributed by atoms with Crippen molar-refractivity contribution >= 4 is 0 Å². The van der Waals surface area contributed by atoms with Gasteiger partial charge in [0.1, 0.15) is 28.2 Å². The van der Waals surface area contributed by atoms with Crippen molar-refractivity contribution in [3.05, 3.63) is 306 Å². The molecule has 564 valence electrons. The van der Waals surface area contributed by atoms with Crippen molar-refractivity contribution < 1.29 is 18.3 Å². The summed E-state index contributed by atoms with van der Waals surface area (Å²) in [5, 5.41) is 0. The number of benzene rings is 8. The van der Waals surface area contributed by atoms with Crippen LogP contribution in [0, 0.1) is 122 Å². The van der Waals surface area contributed by atoms with Gasteiger partial charge in [0.2, 0.25) is 22.8 Å². The van der Waals surface area contributed by atoms with E-state index in [4.69, 9.17) is 0 Å². The van der Waals surface area contributed by atoms with E-state index in [1.165, 1.54) is 221 Å². The van der Waals surface area contributed by atoms with Gasteiger partial charge in [-0.1, -0.05) is 183 Å². The quantitative estimate of drug-likeness (QED) is 0.102. The second-order valence-corrected chi connectivity index (χ2v) is 34.4. The molecule has 109 heavy (non-hydrogen) atoms. The number of aryl methyl sites for hydroxylation is 20. The predicted molar refractivity (Wildman–Crippen MR) is 467 cm³/mol. The van der Waals surface area contributed by atoms with E-state index in [0.29, 0.717) is 11.8 Å². The normalized spacial score (nSPS) is 12.2. The minimum atomic E-state index is 0.274. The van der Waals surface area contributed by atoms with Gasteiger partial charge in [0.15, 0.2) is 24.8 Å². The SMILES string of the molecule is Cc1c[n+](C)c(-c2cc(-c3ccccc3C)c(C)cc2C)cc1CC(C)(C)C.Cc1c[n+](C)c(-c2cc(-c3ccccc3C)c(C)cc2C)cc1CC(C)C.Cc1ccccc1-c1cc(-c2cc(C(C)C)c(C)c[n+]2C)c(C)cc1C.Cc1ccccc1-c1cc(-c2cc(C3CCCC3)c(C)c[n+]2C)c(C)cc1C. The smallest absolute Gasteiger partial charge is 0.201 e. The van der Waals surface area contributed by atoms with Gasteiger partial charge in [-0.3, -0.25) is 0 Å². The number of pyridine rings is 4. The van der Waals surface area contributed by atoms with Crippen molar-refractivity contribution in [3.8, 4) is 89.5 Å². The lowest BCUT2D eigenvalue weighted by molar-refractivity contribution is -0.660. The van der Waals surface area contributed by atoms with Crippen LogP contribution in [-0.4, -0.2) is 0 Å². The molecular formula is C105H128N4+4. The molecule has 1 aliphatic rings. The second-order valence-electron chi connectivity index (χ2n) is 34.4. The molecule has 0 saturated heterocycles. The van der Waals surface area contributed by atoms with Gasteiger partial charge >= 0.3 is 0 Å². The molecule has 4 nitrogen and oxygen atoms in total. The lowest BCUT2D eigenvalue weighted by Crippen LogP contribution is -2.32. The first-order chi connectivity index (χ1) is 51.6. The molecule has 0 radical (unpaired) electrons. The lowest BCUT2D eigenvalue weighted by Gasteiger charge is -2.20. The second kappa shape index (κ2) is 34.9. The molecule has 1 saturated carbocycles. The molecule has 12 aromatic rings. The van der Waals surface area contributed by atoms with Crippen molar-refractivity contribution in [1.29, 1.82) is 0 Å². The van der Waals surface area contributed by atoms with Crippen molar-refractivity contribution in [2.75, 3.05) is 0 Å². The Kier molecular flexibility index (Phi) is 26.2. The molecule has 0 atom stereocenters. The maximum Gasteiger partial charge on any atom is 0.212 e. The summed E-state index contributed by atoms with van der Waals surface area (Å²) in [5.41, 5.74) is 48.9. The van der Waals surface area contributed by atoms with Gasteiger partial charge in [-0.15, -0.1) is 0 Å². The van der Waals surface area contributed by atoms with Crippen molar-refractivity contribution in [2.45, 2.75) is 210 Å². The van der Waals surface area contributed by atoms with Gasteiger partial charge in [0, 0.05) is 68.8 Å². The topological polar surface area (TPSA) is 15.5 Å². The minimum absolute atomic E-state index is 0.274. The maximum atomic E-state index is 2.48. The fourth-order valence-electron chi connectivity index (χ4n) is 17.2. The zero-order valence-electron chi connectivity index (χ0n) is 71.7. The molecule has 4 heterocycles. The number of hydrogen-bond acceptors (Lipinski definition) is 0. The van der Waals surface area contributed by atoms with E-state index >= 15 is 0 Å². The molecule has 8 aromatic carbocycles. The predicted octanol–water partition coefficient (Wildman–Crippen LogP) is 25.9. The van der Waals surface area contributed by atoms with E-state index in [1.807, 2.05) is 0 Å².